The van der Waals surface area contributed by atoms with Crippen molar-refractivity contribution in [2.24, 2.45) is 0 Å². The quantitative estimate of drug-likeness (QED) is 0.545. The molecule has 3 heterocycles. The van der Waals surface area contributed by atoms with E-state index in [9.17, 15) is 5.11 Å². The number of pyridine rings is 1. The topological polar surface area (TPSA) is 89.0 Å². The van der Waals surface area contributed by atoms with E-state index >= 15 is 0 Å². The number of benzene rings is 1. The molecule has 0 saturated carbocycles. The zero-order valence-electron chi connectivity index (χ0n) is 18.1. The number of rotatable bonds is 8. The van der Waals surface area contributed by atoms with Gasteiger partial charge in [0.15, 0.2) is 16.6 Å². The number of anilines is 1. The lowest BCUT2D eigenvalue weighted by Crippen LogP contribution is -2.38. The van der Waals surface area contributed by atoms with Crippen LogP contribution in [0.25, 0.3) is 22.3 Å². The normalized spacial score (nSPS) is 14.8. The van der Waals surface area contributed by atoms with Gasteiger partial charge in [0, 0.05) is 42.5 Å². The Morgan fingerprint density at radius 1 is 1.19 bits per heavy atom. The predicted octanol–water partition coefficient (Wildman–Crippen LogP) is 3.60. The van der Waals surface area contributed by atoms with Gasteiger partial charge in [-0.05, 0) is 26.0 Å². The van der Waals surface area contributed by atoms with Crippen LogP contribution in [-0.2, 0) is 4.74 Å². The minimum absolute atomic E-state index is 0.00962. The van der Waals surface area contributed by atoms with Crippen molar-refractivity contribution in [3.8, 4) is 28.6 Å². The first kappa shape index (κ1) is 21.6. The number of nitrogens with zero attached hydrogens (tertiary/aromatic N) is 3. The molecule has 0 atom stereocenters. The third kappa shape index (κ3) is 5.00. The second-order valence-corrected chi connectivity index (χ2v) is 8.52. The van der Waals surface area contributed by atoms with E-state index in [1.54, 1.807) is 13.2 Å². The number of hydrogen-bond donors (Lipinski definition) is 2. The molecule has 0 amide bonds. The number of hydrogen-bond acceptors (Lipinski definition) is 9. The summed E-state index contributed by atoms with van der Waals surface area (Å²) in [6, 6.07) is 5.75. The average molecular weight is 445 g/mol. The highest BCUT2D eigenvalue weighted by Crippen LogP contribution is 2.39. The fraction of sp³-hybridized carbons (Fsp3) is 0.455. The molecule has 1 aromatic carbocycles. The van der Waals surface area contributed by atoms with Gasteiger partial charge in [0.05, 0.1) is 26.0 Å². The Morgan fingerprint density at radius 3 is 2.74 bits per heavy atom. The molecule has 3 aromatic rings. The van der Waals surface area contributed by atoms with Crippen molar-refractivity contribution in [1.82, 2.24) is 14.9 Å². The molecule has 1 aliphatic rings. The third-order valence-corrected chi connectivity index (χ3v) is 5.82. The molecule has 1 saturated heterocycles. The summed E-state index contributed by atoms with van der Waals surface area (Å²) < 4.78 is 16.8. The number of ether oxygens (including phenoxy) is 3. The lowest BCUT2D eigenvalue weighted by Gasteiger charge is -2.26. The Morgan fingerprint density at radius 2 is 2.00 bits per heavy atom. The second kappa shape index (κ2) is 9.67. The molecule has 0 aliphatic carbocycles. The van der Waals surface area contributed by atoms with Crippen LogP contribution in [0.2, 0.25) is 0 Å². The van der Waals surface area contributed by atoms with Crippen molar-refractivity contribution in [1.29, 1.82) is 0 Å². The predicted molar refractivity (Wildman–Crippen MR) is 123 cm³/mol. The minimum Gasteiger partial charge on any atom is -0.503 e. The summed E-state index contributed by atoms with van der Waals surface area (Å²) >= 11 is 1.52. The van der Waals surface area contributed by atoms with Crippen LogP contribution in [0, 0.1) is 0 Å². The molecule has 0 spiro atoms. The molecular weight excluding hydrogens is 416 g/mol. The van der Waals surface area contributed by atoms with Crippen molar-refractivity contribution in [3.63, 3.8) is 0 Å². The van der Waals surface area contributed by atoms with Crippen LogP contribution < -0.4 is 14.8 Å². The molecule has 1 aliphatic heterocycles. The lowest BCUT2D eigenvalue weighted by atomic mass is 10.1. The van der Waals surface area contributed by atoms with Crippen molar-refractivity contribution < 1.29 is 19.3 Å². The molecular formula is C22H28N4O4S. The number of fused-ring (bicyclic) bond motifs is 1. The van der Waals surface area contributed by atoms with Crippen LogP contribution in [0.1, 0.15) is 13.8 Å². The number of aromatic hydroxyl groups is 1. The molecule has 0 radical (unpaired) electrons. The first-order valence-electron chi connectivity index (χ1n) is 10.4. The van der Waals surface area contributed by atoms with E-state index in [0.29, 0.717) is 35.4 Å². The first-order chi connectivity index (χ1) is 15.0. The molecule has 4 rings (SSSR count). The summed E-state index contributed by atoms with van der Waals surface area (Å²) in [4.78, 5) is 11.6. The Kier molecular flexibility index (Phi) is 6.74. The van der Waals surface area contributed by atoms with Gasteiger partial charge in [0.1, 0.15) is 23.6 Å². The van der Waals surface area contributed by atoms with Crippen LogP contribution in [-0.4, -0.2) is 72.6 Å². The van der Waals surface area contributed by atoms with Gasteiger partial charge in [-0.2, -0.15) is 0 Å². The molecule has 8 nitrogen and oxygen atoms in total. The smallest absolute Gasteiger partial charge is 0.184 e. The van der Waals surface area contributed by atoms with E-state index in [2.05, 4.69) is 34.0 Å². The molecule has 166 valence electrons. The van der Waals surface area contributed by atoms with E-state index in [0.717, 1.165) is 49.1 Å². The highest BCUT2D eigenvalue weighted by Gasteiger charge is 2.17. The molecule has 2 N–H and O–H groups in total. The Hall–Kier alpha value is -2.62. The first-order valence-corrected chi connectivity index (χ1v) is 11.3. The molecule has 0 unspecified atom stereocenters. The Labute approximate surface area is 185 Å². The average Bonchev–Trinajstić information content (AvgIpc) is 3.23. The molecule has 9 heteroatoms. The fourth-order valence-corrected chi connectivity index (χ4v) is 4.31. The largest absolute Gasteiger partial charge is 0.503 e. The fourth-order valence-electron chi connectivity index (χ4n) is 3.46. The zero-order chi connectivity index (χ0) is 21.8. The van der Waals surface area contributed by atoms with Gasteiger partial charge in [-0.15, -0.1) is 11.3 Å². The van der Waals surface area contributed by atoms with Gasteiger partial charge in [0.2, 0.25) is 0 Å². The summed E-state index contributed by atoms with van der Waals surface area (Å²) in [6.07, 6.45) is 0. The number of nitrogens with one attached hydrogen (secondary N) is 1. The summed E-state index contributed by atoms with van der Waals surface area (Å²) in [6.45, 7) is 8.69. The van der Waals surface area contributed by atoms with Gasteiger partial charge in [-0.25, -0.2) is 9.97 Å². The Bertz CT molecular complexity index is 1030. The highest BCUT2D eigenvalue weighted by molar-refractivity contribution is 7.14. The van der Waals surface area contributed by atoms with E-state index in [-0.39, 0.29) is 5.75 Å². The van der Waals surface area contributed by atoms with E-state index in [1.165, 1.54) is 11.3 Å². The van der Waals surface area contributed by atoms with Crippen LogP contribution >= 0.6 is 11.3 Å². The molecule has 1 fully saturated rings. The second-order valence-electron chi connectivity index (χ2n) is 7.66. The van der Waals surface area contributed by atoms with Gasteiger partial charge >= 0.3 is 0 Å². The molecule has 2 aromatic heterocycles. The number of phenolic OH excluding ortho intramolecular Hbond substituents is 1. The number of morpholine rings is 1. The van der Waals surface area contributed by atoms with Crippen LogP contribution in [0.4, 0.5) is 5.13 Å². The highest BCUT2D eigenvalue weighted by atomic mass is 32.1. The van der Waals surface area contributed by atoms with Crippen LogP contribution in [0.3, 0.4) is 0 Å². The van der Waals surface area contributed by atoms with Gasteiger partial charge < -0.3 is 24.6 Å². The summed E-state index contributed by atoms with van der Waals surface area (Å²) in [7, 11) is 1.61. The SMILES string of the molecule is COc1cc(-c2csc(NC(C)C)n2)nc2c(O)c(OCCN3CCOCC3)ccc12. The van der Waals surface area contributed by atoms with Crippen LogP contribution in [0.15, 0.2) is 23.6 Å². The van der Waals surface area contributed by atoms with Crippen molar-refractivity contribution >= 4 is 27.4 Å². The molecule has 31 heavy (non-hydrogen) atoms. The van der Waals surface area contributed by atoms with E-state index < -0.39 is 0 Å². The van der Waals surface area contributed by atoms with Crippen molar-refractivity contribution in [3.05, 3.63) is 23.6 Å². The van der Waals surface area contributed by atoms with Gasteiger partial charge in [-0.1, -0.05) is 0 Å². The number of phenols is 1. The monoisotopic (exact) mass is 444 g/mol. The van der Waals surface area contributed by atoms with Crippen molar-refractivity contribution in [2.45, 2.75) is 19.9 Å². The summed E-state index contributed by atoms with van der Waals surface area (Å²) in [5, 5.41) is 17.7. The van der Waals surface area contributed by atoms with E-state index in [4.69, 9.17) is 14.2 Å². The number of thiazole rings is 1. The summed E-state index contributed by atoms with van der Waals surface area (Å²) in [5.74, 6) is 1.05. The maximum absolute atomic E-state index is 10.9. The number of methoxy groups -OCH3 is 1. The van der Waals surface area contributed by atoms with Gasteiger partial charge in [0.25, 0.3) is 0 Å². The number of aromatic nitrogens is 2. The zero-order valence-corrected chi connectivity index (χ0v) is 18.9. The third-order valence-electron chi connectivity index (χ3n) is 5.05. The maximum atomic E-state index is 10.9. The minimum atomic E-state index is 0.00962. The molecule has 0 bridgehead atoms. The standard InChI is InChI=1S/C22H28N4O4S/c1-14(2)23-22-25-17(13-31-22)16-12-19(28-3)15-4-5-18(21(27)20(15)24-16)30-11-8-26-6-9-29-10-7-26/h4-5,12-14,27H,6-11H2,1-3H3,(H,23,25). The van der Waals surface area contributed by atoms with Gasteiger partial charge in [-0.3, -0.25) is 4.90 Å². The van der Waals surface area contributed by atoms with Crippen molar-refractivity contribution in [2.75, 3.05) is 51.9 Å². The maximum Gasteiger partial charge on any atom is 0.184 e. The summed E-state index contributed by atoms with van der Waals surface area (Å²) in [5.41, 5.74) is 1.80. The lowest BCUT2D eigenvalue weighted by molar-refractivity contribution is 0.0321. The van der Waals surface area contributed by atoms with E-state index in [1.807, 2.05) is 17.5 Å². The Balaban J connectivity index is 1.59. The van der Waals surface area contributed by atoms with Crippen LogP contribution in [0.5, 0.6) is 17.2 Å².